The van der Waals surface area contributed by atoms with Gasteiger partial charge in [-0.15, -0.1) is 0 Å². The Morgan fingerprint density at radius 3 is 2.68 bits per heavy atom. The van der Waals surface area contributed by atoms with E-state index in [1.807, 2.05) is 62.4 Å². The second kappa shape index (κ2) is 7.56. The molecule has 0 bridgehead atoms. The molecule has 28 heavy (non-hydrogen) atoms. The van der Waals surface area contributed by atoms with Crippen molar-refractivity contribution in [2.45, 2.75) is 20.4 Å². The van der Waals surface area contributed by atoms with Crippen molar-refractivity contribution in [1.29, 1.82) is 0 Å². The van der Waals surface area contributed by atoms with Gasteiger partial charge in [-0.3, -0.25) is 9.89 Å². The van der Waals surface area contributed by atoms with Crippen LogP contribution in [-0.2, 0) is 6.54 Å². The third-order valence-electron chi connectivity index (χ3n) is 4.31. The topological polar surface area (TPSA) is 84.3 Å². The molecule has 0 fully saturated rings. The molecule has 4 aromatic rings. The third kappa shape index (κ3) is 3.73. The van der Waals surface area contributed by atoms with E-state index in [9.17, 15) is 4.79 Å². The lowest BCUT2D eigenvalue weighted by molar-refractivity contribution is 0.340. The molecule has 0 saturated carbocycles. The first-order chi connectivity index (χ1) is 13.6. The number of benzene rings is 2. The zero-order valence-electron chi connectivity index (χ0n) is 15.8. The van der Waals surface area contributed by atoms with Crippen molar-refractivity contribution in [2.24, 2.45) is 0 Å². The van der Waals surface area contributed by atoms with Crippen LogP contribution in [0.3, 0.4) is 0 Å². The number of hydrogen-bond acceptors (Lipinski definition) is 5. The molecule has 4 rings (SSSR count). The van der Waals surface area contributed by atoms with Crippen molar-refractivity contribution in [1.82, 2.24) is 19.6 Å². The van der Waals surface area contributed by atoms with Crippen molar-refractivity contribution < 1.29 is 4.74 Å². The van der Waals surface area contributed by atoms with E-state index in [2.05, 4.69) is 20.4 Å². The summed E-state index contributed by atoms with van der Waals surface area (Å²) in [5.41, 5.74) is 3.39. The van der Waals surface area contributed by atoms with Crippen molar-refractivity contribution >= 4 is 11.5 Å². The molecule has 2 aromatic heterocycles. The number of H-pyrrole nitrogens is 1. The number of aromatic nitrogens is 4. The first-order valence-corrected chi connectivity index (χ1v) is 9.15. The number of fused-ring (bicyclic) bond motifs is 1. The average molecular weight is 375 g/mol. The minimum atomic E-state index is -0.195. The summed E-state index contributed by atoms with van der Waals surface area (Å²) in [4.78, 5) is 21.4. The maximum absolute atomic E-state index is 12.4. The highest BCUT2D eigenvalue weighted by Gasteiger charge is 2.10. The number of nitrogens with zero attached hydrogens (tertiary/aromatic N) is 3. The molecule has 2 heterocycles. The maximum atomic E-state index is 12.4. The minimum absolute atomic E-state index is 0.195. The maximum Gasteiger partial charge on any atom is 0.274 e. The molecular weight excluding hydrogens is 354 g/mol. The van der Waals surface area contributed by atoms with Crippen LogP contribution in [0.1, 0.15) is 18.2 Å². The molecule has 0 aliphatic rings. The SMILES string of the molecule is CCOc1ccc(NCc2cc(=O)n3[nH]c(-c4cccc(C)c4)nc3n2)cc1. The summed E-state index contributed by atoms with van der Waals surface area (Å²) >= 11 is 0. The number of nitrogens with one attached hydrogen (secondary N) is 2. The Kier molecular flexibility index (Phi) is 4.80. The van der Waals surface area contributed by atoms with Gasteiger partial charge < -0.3 is 10.1 Å². The van der Waals surface area contributed by atoms with Crippen LogP contribution in [0, 0.1) is 6.92 Å². The normalized spacial score (nSPS) is 10.9. The molecule has 7 heteroatoms. The molecule has 0 unspecified atom stereocenters. The fourth-order valence-electron chi connectivity index (χ4n) is 2.97. The van der Waals surface area contributed by atoms with E-state index in [0.717, 1.165) is 22.6 Å². The predicted octanol–water partition coefficient (Wildman–Crippen LogP) is 3.40. The summed E-state index contributed by atoms with van der Waals surface area (Å²) in [7, 11) is 0. The molecule has 2 aromatic carbocycles. The van der Waals surface area contributed by atoms with Crippen molar-refractivity contribution in [3.05, 3.63) is 76.2 Å². The highest BCUT2D eigenvalue weighted by atomic mass is 16.5. The minimum Gasteiger partial charge on any atom is -0.494 e. The van der Waals surface area contributed by atoms with E-state index < -0.39 is 0 Å². The van der Waals surface area contributed by atoms with Crippen LogP contribution < -0.4 is 15.6 Å². The van der Waals surface area contributed by atoms with Crippen LogP contribution in [0.2, 0.25) is 0 Å². The number of hydrogen-bond donors (Lipinski definition) is 2. The van der Waals surface area contributed by atoms with E-state index in [1.54, 1.807) is 0 Å². The smallest absolute Gasteiger partial charge is 0.274 e. The van der Waals surface area contributed by atoms with Crippen LogP contribution >= 0.6 is 0 Å². The lowest BCUT2D eigenvalue weighted by Gasteiger charge is -2.07. The Hall–Kier alpha value is -3.61. The van der Waals surface area contributed by atoms with Gasteiger partial charge in [-0.1, -0.05) is 23.8 Å². The highest BCUT2D eigenvalue weighted by Crippen LogP contribution is 2.17. The molecule has 0 saturated heterocycles. The number of ether oxygens (including phenoxy) is 1. The number of rotatable bonds is 6. The lowest BCUT2D eigenvalue weighted by Crippen LogP contribution is -2.17. The summed E-state index contributed by atoms with van der Waals surface area (Å²) in [6.07, 6.45) is 0. The highest BCUT2D eigenvalue weighted by molar-refractivity contribution is 5.57. The summed E-state index contributed by atoms with van der Waals surface area (Å²) in [6, 6.07) is 17.1. The summed E-state index contributed by atoms with van der Waals surface area (Å²) < 4.78 is 6.80. The van der Waals surface area contributed by atoms with Crippen LogP contribution in [-0.4, -0.2) is 26.2 Å². The van der Waals surface area contributed by atoms with Crippen molar-refractivity contribution in [3.8, 4) is 17.1 Å². The van der Waals surface area contributed by atoms with Crippen LogP contribution in [0.4, 0.5) is 5.69 Å². The number of aryl methyl sites for hydroxylation is 1. The molecule has 7 nitrogen and oxygen atoms in total. The van der Waals surface area contributed by atoms with Gasteiger partial charge in [0.2, 0.25) is 0 Å². The summed E-state index contributed by atoms with van der Waals surface area (Å²) in [6.45, 7) is 5.02. The monoisotopic (exact) mass is 375 g/mol. The number of anilines is 1. The zero-order valence-corrected chi connectivity index (χ0v) is 15.8. The predicted molar refractivity (Wildman–Crippen MR) is 109 cm³/mol. The zero-order chi connectivity index (χ0) is 19.5. The van der Waals surface area contributed by atoms with Crippen LogP contribution in [0.5, 0.6) is 5.75 Å². The summed E-state index contributed by atoms with van der Waals surface area (Å²) in [5.74, 6) is 1.79. The first kappa shape index (κ1) is 17.8. The molecule has 2 N–H and O–H groups in total. The molecule has 0 amide bonds. The Morgan fingerprint density at radius 1 is 1.11 bits per heavy atom. The molecule has 0 spiro atoms. The third-order valence-corrected chi connectivity index (χ3v) is 4.31. The molecular formula is C21H21N5O2. The summed E-state index contributed by atoms with van der Waals surface area (Å²) in [5, 5.41) is 6.29. The van der Waals surface area contributed by atoms with Gasteiger partial charge in [-0.25, -0.2) is 4.98 Å². The largest absolute Gasteiger partial charge is 0.494 e. The van der Waals surface area contributed by atoms with E-state index in [4.69, 9.17) is 4.74 Å². The molecule has 0 radical (unpaired) electrons. The lowest BCUT2D eigenvalue weighted by atomic mass is 10.1. The van der Waals surface area contributed by atoms with Crippen LogP contribution in [0.15, 0.2) is 59.4 Å². The quantitative estimate of drug-likeness (QED) is 0.540. The van der Waals surface area contributed by atoms with Gasteiger partial charge in [-0.05, 0) is 44.2 Å². The van der Waals surface area contributed by atoms with E-state index in [1.165, 1.54) is 10.6 Å². The van der Waals surface area contributed by atoms with E-state index >= 15 is 0 Å². The Balaban J connectivity index is 1.56. The fourth-order valence-corrected chi connectivity index (χ4v) is 2.97. The first-order valence-electron chi connectivity index (χ1n) is 9.15. The van der Waals surface area contributed by atoms with E-state index in [-0.39, 0.29) is 5.56 Å². The number of aromatic amines is 1. The van der Waals surface area contributed by atoms with Gasteiger partial charge in [0.1, 0.15) is 5.75 Å². The molecule has 0 atom stereocenters. The standard InChI is InChI=1S/C21H21N5O2/c1-3-28-18-9-7-16(8-10-18)22-13-17-12-19(27)26-21(23-17)24-20(25-26)15-6-4-5-14(2)11-15/h4-12,22H,3,13H2,1-2H3,(H,23,24,25). The fraction of sp³-hybridized carbons (Fsp3) is 0.190. The second-order valence-electron chi connectivity index (χ2n) is 6.47. The van der Waals surface area contributed by atoms with Gasteiger partial charge >= 0.3 is 0 Å². The van der Waals surface area contributed by atoms with Gasteiger partial charge in [0.05, 0.1) is 18.8 Å². The van der Waals surface area contributed by atoms with Crippen LogP contribution in [0.25, 0.3) is 17.2 Å². The van der Waals surface area contributed by atoms with Gasteiger partial charge in [0.25, 0.3) is 11.3 Å². The Morgan fingerprint density at radius 2 is 1.93 bits per heavy atom. The molecule has 142 valence electrons. The van der Waals surface area contributed by atoms with Crippen molar-refractivity contribution in [2.75, 3.05) is 11.9 Å². The Labute approximate surface area is 162 Å². The second-order valence-corrected chi connectivity index (χ2v) is 6.47. The molecule has 0 aliphatic heterocycles. The van der Waals surface area contributed by atoms with Gasteiger partial charge in [-0.2, -0.15) is 9.50 Å². The Bertz CT molecular complexity index is 1160. The molecule has 0 aliphatic carbocycles. The van der Waals surface area contributed by atoms with Crippen molar-refractivity contribution in [3.63, 3.8) is 0 Å². The average Bonchev–Trinajstić information content (AvgIpc) is 3.13. The van der Waals surface area contributed by atoms with Gasteiger partial charge in [0.15, 0.2) is 5.82 Å². The van der Waals surface area contributed by atoms with Gasteiger partial charge in [0, 0.05) is 17.3 Å². The van der Waals surface area contributed by atoms with E-state index in [0.29, 0.717) is 30.4 Å².